The van der Waals surface area contributed by atoms with Gasteiger partial charge in [0.2, 0.25) is 0 Å². The number of hydrogen-bond acceptors (Lipinski definition) is 6. The van der Waals surface area contributed by atoms with Crippen molar-refractivity contribution in [3.63, 3.8) is 0 Å². The Labute approximate surface area is 127 Å². The zero-order chi connectivity index (χ0) is 16.6. The van der Waals surface area contributed by atoms with E-state index >= 15 is 0 Å². The van der Waals surface area contributed by atoms with Crippen molar-refractivity contribution in [3.05, 3.63) is 59.7 Å². The summed E-state index contributed by atoms with van der Waals surface area (Å²) in [5.74, 6) is -8.25. The quantitative estimate of drug-likeness (QED) is 0.793. The molecule has 0 radical (unpaired) electrons. The molecule has 0 saturated heterocycles. The number of imide groups is 1. The average molecular weight is 319 g/mol. The predicted octanol–water partition coefficient (Wildman–Crippen LogP) is 1.32. The lowest BCUT2D eigenvalue weighted by Crippen LogP contribution is -2.39. The SMILES string of the molecule is O=C1c2ccccc2C(=O)N1OC(=O)C(F)(F)c1cnccn1. The van der Waals surface area contributed by atoms with Gasteiger partial charge in [-0.3, -0.25) is 19.6 Å². The number of carbonyl (C=O) groups excluding carboxylic acids is 3. The minimum atomic E-state index is -4.16. The second-order valence-corrected chi connectivity index (χ2v) is 4.49. The Bertz CT molecular complexity index is 776. The maximum atomic E-state index is 14.0. The molecule has 0 fully saturated rings. The predicted molar refractivity (Wildman–Crippen MR) is 69.0 cm³/mol. The van der Waals surface area contributed by atoms with Crippen molar-refractivity contribution in [2.45, 2.75) is 5.92 Å². The summed E-state index contributed by atoms with van der Waals surface area (Å²) in [6.07, 6.45) is 2.80. The molecule has 2 heterocycles. The zero-order valence-electron chi connectivity index (χ0n) is 11.3. The normalized spacial score (nSPS) is 13.9. The molecule has 0 unspecified atom stereocenters. The second-order valence-electron chi connectivity index (χ2n) is 4.49. The summed E-state index contributed by atoms with van der Waals surface area (Å²) in [5.41, 5.74) is -1.03. The highest BCUT2D eigenvalue weighted by Crippen LogP contribution is 2.30. The Morgan fingerprint density at radius 2 is 1.70 bits per heavy atom. The highest BCUT2D eigenvalue weighted by molar-refractivity contribution is 6.20. The average Bonchev–Trinajstić information content (AvgIpc) is 2.81. The maximum Gasteiger partial charge on any atom is 0.409 e. The van der Waals surface area contributed by atoms with Gasteiger partial charge in [0, 0.05) is 12.4 Å². The molecule has 1 aliphatic heterocycles. The first-order valence-corrected chi connectivity index (χ1v) is 6.27. The van der Waals surface area contributed by atoms with Crippen LogP contribution in [0.2, 0.25) is 0 Å². The van der Waals surface area contributed by atoms with Gasteiger partial charge < -0.3 is 4.84 Å². The van der Waals surface area contributed by atoms with Gasteiger partial charge in [-0.15, -0.1) is 0 Å². The van der Waals surface area contributed by atoms with E-state index in [2.05, 4.69) is 14.8 Å². The molecule has 9 heteroatoms. The van der Waals surface area contributed by atoms with Gasteiger partial charge >= 0.3 is 11.9 Å². The number of hydrogen-bond donors (Lipinski definition) is 0. The molecule has 23 heavy (non-hydrogen) atoms. The first kappa shape index (κ1) is 14.7. The summed E-state index contributed by atoms with van der Waals surface area (Å²) in [5, 5.41) is 0.0112. The van der Waals surface area contributed by atoms with Gasteiger partial charge in [-0.1, -0.05) is 17.2 Å². The lowest BCUT2D eigenvalue weighted by atomic mass is 10.1. The Kier molecular flexibility index (Phi) is 3.32. The van der Waals surface area contributed by atoms with Crippen LogP contribution in [-0.2, 0) is 15.6 Å². The summed E-state index contributed by atoms with van der Waals surface area (Å²) in [7, 11) is 0. The number of carbonyl (C=O) groups is 3. The number of hydroxylamine groups is 2. The second kappa shape index (κ2) is 5.20. The summed E-state index contributed by atoms with van der Waals surface area (Å²) >= 11 is 0. The summed E-state index contributed by atoms with van der Waals surface area (Å²) in [4.78, 5) is 46.7. The zero-order valence-corrected chi connectivity index (χ0v) is 11.3. The largest absolute Gasteiger partial charge is 0.409 e. The summed E-state index contributed by atoms with van der Waals surface area (Å²) in [6.45, 7) is 0. The molecular formula is C14H7F2N3O4. The molecule has 3 rings (SSSR count). The van der Waals surface area contributed by atoms with E-state index in [9.17, 15) is 23.2 Å². The number of amides is 2. The number of nitrogens with zero attached hydrogens (tertiary/aromatic N) is 3. The third-order valence-electron chi connectivity index (χ3n) is 3.07. The van der Waals surface area contributed by atoms with E-state index in [1.165, 1.54) is 24.3 Å². The van der Waals surface area contributed by atoms with E-state index in [0.29, 0.717) is 6.20 Å². The highest BCUT2D eigenvalue weighted by atomic mass is 19.3. The molecule has 0 atom stereocenters. The Balaban J connectivity index is 1.85. The third kappa shape index (κ3) is 2.31. The van der Waals surface area contributed by atoms with Crippen molar-refractivity contribution in [1.82, 2.24) is 15.0 Å². The number of alkyl halides is 2. The molecule has 2 aromatic rings. The number of halogens is 2. The molecule has 1 aliphatic rings. The molecule has 0 aliphatic carbocycles. The van der Waals surface area contributed by atoms with Crippen LogP contribution in [0, 0.1) is 0 Å². The molecule has 0 N–H and O–H groups in total. The molecule has 116 valence electrons. The van der Waals surface area contributed by atoms with Crippen LogP contribution in [0.5, 0.6) is 0 Å². The number of fused-ring (bicyclic) bond motifs is 1. The monoisotopic (exact) mass is 319 g/mol. The fraction of sp³-hybridized carbons (Fsp3) is 0.0714. The minimum Gasteiger partial charge on any atom is -0.323 e. The standard InChI is InChI=1S/C14H7F2N3O4/c15-14(16,10-7-17-5-6-18-10)13(22)23-19-11(20)8-3-1-2-4-9(8)12(19)21/h1-7H. The van der Waals surface area contributed by atoms with Crippen molar-refractivity contribution in [2.24, 2.45) is 0 Å². The van der Waals surface area contributed by atoms with Crippen LogP contribution >= 0.6 is 0 Å². The summed E-state index contributed by atoms with van der Waals surface area (Å²) in [6, 6.07) is 5.63. The third-order valence-corrected chi connectivity index (χ3v) is 3.07. The van der Waals surface area contributed by atoms with Crippen molar-refractivity contribution in [2.75, 3.05) is 0 Å². The van der Waals surface area contributed by atoms with Crippen LogP contribution in [0.25, 0.3) is 0 Å². The van der Waals surface area contributed by atoms with Gasteiger partial charge in [0.15, 0.2) is 0 Å². The van der Waals surface area contributed by atoms with Crippen molar-refractivity contribution >= 4 is 17.8 Å². The van der Waals surface area contributed by atoms with E-state index in [4.69, 9.17) is 0 Å². The van der Waals surface area contributed by atoms with E-state index in [0.717, 1.165) is 12.4 Å². The Hall–Kier alpha value is -3.23. The van der Waals surface area contributed by atoms with Gasteiger partial charge in [0.05, 0.1) is 17.3 Å². The van der Waals surface area contributed by atoms with Gasteiger partial charge in [-0.05, 0) is 12.1 Å². The maximum absolute atomic E-state index is 14.0. The van der Waals surface area contributed by atoms with Crippen LogP contribution in [0.3, 0.4) is 0 Å². The first-order chi connectivity index (χ1) is 10.9. The van der Waals surface area contributed by atoms with E-state index in [1.54, 1.807) is 0 Å². The van der Waals surface area contributed by atoms with E-state index < -0.39 is 29.4 Å². The molecule has 7 nitrogen and oxygen atoms in total. The molecule has 1 aromatic carbocycles. The highest BCUT2D eigenvalue weighted by Gasteiger charge is 2.49. The number of rotatable bonds is 3. The molecule has 1 aromatic heterocycles. The van der Waals surface area contributed by atoms with Gasteiger partial charge in [-0.2, -0.15) is 8.78 Å². The van der Waals surface area contributed by atoms with E-state index in [-0.39, 0.29) is 16.2 Å². The summed E-state index contributed by atoms with van der Waals surface area (Å²) < 4.78 is 27.9. The Morgan fingerprint density at radius 3 is 2.22 bits per heavy atom. The van der Waals surface area contributed by atoms with E-state index in [1.807, 2.05) is 0 Å². The van der Waals surface area contributed by atoms with Crippen molar-refractivity contribution in [1.29, 1.82) is 0 Å². The van der Waals surface area contributed by atoms with Crippen molar-refractivity contribution in [3.8, 4) is 0 Å². The van der Waals surface area contributed by atoms with Crippen LogP contribution in [-0.4, -0.2) is 32.8 Å². The fourth-order valence-corrected chi connectivity index (χ4v) is 1.96. The van der Waals surface area contributed by atoms with Crippen LogP contribution in [0.15, 0.2) is 42.9 Å². The van der Waals surface area contributed by atoms with Gasteiger partial charge in [0.1, 0.15) is 5.69 Å². The lowest BCUT2D eigenvalue weighted by Gasteiger charge is -2.17. The molecule has 2 amide bonds. The smallest absolute Gasteiger partial charge is 0.323 e. The Morgan fingerprint density at radius 1 is 1.09 bits per heavy atom. The number of aromatic nitrogens is 2. The molecular weight excluding hydrogens is 312 g/mol. The van der Waals surface area contributed by atoms with Gasteiger partial charge in [-0.25, -0.2) is 4.79 Å². The van der Waals surface area contributed by atoms with Crippen LogP contribution < -0.4 is 0 Å². The minimum absolute atomic E-state index is 0.0112. The number of benzene rings is 1. The molecule has 0 bridgehead atoms. The first-order valence-electron chi connectivity index (χ1n) is 6.27. The lowest BCUT2D eigenvalue weighted by molar-refractivity contribution is -0.198. The molecule has 0 saturated carbocycles. The molecule has 0 spiro atoms. The van der Waals surface area contributed by atoms with Crippen molar-refractivity contribution < 1.29 is 28.0 Å². The topological polar surface area (TPSA) is 89.5 Å². The fourth-order valence-electron chi connectivity index (χ4n) is 1.96. The van der Waals surface area contributed by atoms with Crippen LogP contribution in [0.4, 0.5) is 8.78 Å². The van der Waals surface area contributed by atoms with Crippen LogP contribution in [0.1, 0.15) is 26.4 Å². The van der Waals surface area contributed by atoms with Gasteiger partial charge in [0.25, 0.3) is 11.8 Å².